The van der Waals surface area contributed by atoms with Crippen molar-refractivity contribution in [3.63, 3.8) is 0 Å². The minimum absolute atomic E-state index is 1.32. The van der Waals surface area contributed by atoms with Crippen molar-refractivity contribution in [1.82, 2.24) is 4.90 Å². The summed E-state index contributed by atoms with van der Waals surface area (Å²) in [4.78, 5) is 2.00. The Kier molecular flexibility index (Phi) is 6.35. The van der Waals surface area contributed by atoms with E-state index in [4.69, 9.17) is 0 Å². The number of benzene rings is 1. The molecule has 1 nitrogen and oxygen atoms in total. The van der Waals surface area contributed by atoms with Crippen molar-refractivity contribution < 1.29 is 0 Å². The summed E-state index contributed by atoms with van der Waals surface area (Å²) in [5.41, 5.74) is 0. The molecule has 0 saturated carbocycles. The van der Waals surface area contributed by atoms with Gasteiger partial charge in [0.05, 0.1) is 0 Å². The van der Waals surface area contributed by atoms with E-state index in [2.05, 4.69) is 29.8 Å². The molecule has 0 atom stereocenters. The molecule has 1 rings (SSSR count). The Morgan fingerprint density at radius 3 is 1.55 bits per heavy atom. The first-order valence-electron chi connectivity index (χ1n) is 3.75. The van der Waals surface area contributed by atoms with Crippen LogP contribution in [-0.2, 0) is 0 Å². The molecule has 1 aromatic rings. The summed E-state index contributed by atoms with van der Waals surface area (Å²) in [6.45, 7) is 0. The van der Waals surface area contributed by atoms with Crippen LogP contribution in [0.25, 0.3) is 0 Å². The topological polar surface area (TPSA) is 3.24 Å². The van der Waals surface area contributed by atoms with E-state index in [1.165, 1.54) is 4.24 Å². The van der Waals surface area contributed by atoms with E-state index in [0.717, 1.165) is 0 Å². The second-order valence-electron chi connectivity index (χ2n) is 3.00. The van der Waals surface area contributed by atoms with Gasteiger partial charge in [0.1, 0.15) is 0 Å². The van der Waals surface area contributed by atoms with Gasteiger partial charge in [-0.1, -0.05) is 0 Å². The van der Waals surface area contributed by atoms with E-state index in [9.17, 15) is 0 Å². The average molecular weight is 143 g/mol. The average Bonchev–Trinajstić information content (AvgIpc) is 1.87. The van der Waals surface area contributed by atoms with Crippen LogP contribution in [0.2, 0.25) is 0 Å². The molecular weight excluding hydrogens is 129 g/mol. The summed E-state index contributed by atoms with van der Waals surface area (Å²) in [5, 5.41) is 0. The summed E-state index contributed by atoms with van der Waals surface area (Å²) in [7, 11) is 6.00. The van der Waals surface area contributed by atoms with E-state index >= 15 is 0 Å². The van der Waals surface area contributed by atoms with Gasteiger partial charge in [-0.05, 0) is 21.1 Å². The maximum absolute atomic E-state index is 2.08. The molecule has 0 unspecified atom stereocenters. The van der Waals surface area contributed by atoms with Crippen molar-refractivity contribution >= 4 is 22.0 Å². The van der Waals surface area contributed by atoms with Crippen molar-refractivity contribution in [3.05, 3.63) is 30.3 Å². The molecule has 1 aromatic carbocycles. The van der Waals surface area contributed by atoms with Gasteiger partial charge >= 0.3 is 52.3 Å². The van der Waals surface area contributed by atoms with Crippen molar-refractivity contribution in [1.29, 1.82) is 0 Å². The monoisotopic (exact) mass is 143 g/mol. The molecule has 0 saturated heterocycles. The normalized spacial score (nSPS) is 8.91. The Morgan fingerprint density at radius 2 is 1.36 bits per heavy atom. The molecule has 0 aliphatic heterocycles. The van der Waals surface area contributed by atoms with Gasteiger partial charge in [-0.3, -0.25) is 0 Å². The van der Waals surface area contributed by atoms with Gasteiger partial charge in [0.25, 0.3) is 0 Å². The third-order valence-corrected chi connectivity index (χ3v) is 0.940. The van der Waals surface area contributed by atoms with Gasteiger partial charge in [-0.15, -0.1) is 0 Å². The summed E-state index contributed by atoms with van der Waals surface area (Å²) >= 11 is 2.08. The maximum atomic E-state index is 2.08. The molecule has 0 aromatic heterocycles. The molecule has 0 N–H and O–H groups in total. The van der Waals surface area contributed by atoms with E-state index in [-0.39, 0.29) is 0 Å². The van der Waals surface area contributed by atoms with Crippen LogP contribution in [0.5, 0.6) is 0 Å². The molecule has 11 heavy (non-hydrogen) atoms. The third kappa shape index (κ3) is 9.78. The Labute approximate surface area is 78.6 Å². The quantitative estimate of drug-likeness (QED) is 0.482. The molecule has 0 aliphatic rings. The first-order chi connectivity index (χ1) is 5.13. The van der Waals surface area contributed by atoms with E-state index in [0.29, 0.717) is 0 Å². The van der Waals surface area contributed by atoms with Gasteiger partial charge in [0.15, 0.2) is 0 Å². The van der Waals surface area contributed by atoms with Gasteiger partial charge in [-0.25, -0.2) is 0 Å². The predicted molar refractivity (Wildman–Crippen MR) is 51.4 cm³/mol. The van der Waals surface area contributed by atoms with Gasteiger partial charge in [0.2, 0.25) is 0 Å². The molecule has 56 valence electrons. The zero-order valence-corrected chi connectivity index (χ0v) is 7.83. The molecule has 0 amide bonds. The number of hydrogen-bond acceptors (Lipinski definition) is 1. The second kappa shape index (κ2) is 6.49. The fraction of sp³-hybridized carbons (Fsp3) is 0.333. The summed E-state index contributed by atoms with van der Waals surface area (Å²) in [6, 6.07) is 10.3. The number of nitrogens with zero attached hydrogens (tertiary/aromatic N) is 1. The van der Waals surface area contributed by atoms with Crippen LogP contribution in [-0.4, -0.2) is 43.8 Å². The molecule has 0 radical (unpaired) electrons. The van der Waals surface area contributed by atoms with Crippen LogP contribution < -0.4 is 4.24 Å². The molecule has 0 spiro atoms. The van der Waals surface area contributed by atoms with Crippen molar-refractivity contribution in [3.8, 4) is 0 Å². The fourth-order valence-electron chi connectivity index (χ4n) is 0.534. The Hall–Kier alpha value is -0.223. The summed E-state index contributed by atoms with van der Waals surface area (Å²) in [5.74, 6) is 0. The molecule has 2 heteroatoms. The SMILES string of the molecule is CN(C)C.[Li][c]1ccccc1. The van der Waals surface area contributed by atoms with Gasteiger partial charge in [0, 0.05) is 0 Å². The van der Waals surface area contributed by atoms with Gasteiger partial charge < -0.3 is 4.90 Å². The zero-order valence-electron chi connectivity index (χ0n) is 7.83. The van der Waals surface area contributed by atoms with Crippen LogP contribution in [0.4, 0.5) is 0 Å². The molecule has 0 fully saturated rings. The van der Waals surface area contributed by atoms with Crippen molar-refractivity contribution in [2.24, 2.45) is 0 Å². The van der Waals surface area contributed by atoms with E-state index in [1.54, 1.807) is 0 Å². The number of rotatable bonds is 0. The molecule has 0 aliphatic carbocycles. The number of hydrogen-bond donors (Lipinski definition) is 0. The van der Waals surface area contributed by atoms with Gasteiger partial charge in [-0.2, -0.15) is 0 Å². The molecular formula is C9H14LiN. The predicted octanol–water partition coefficient (Wildman–Crippen LogP) is 0.658. The van der Waals surface area contributed by atoms with E-state index in [1.807, 2.05) is 44.2 Å². The Balaban J connectivity index is 0.000000218. The van der Waals surface area contributed by atoms with Crippen LogP contribution in [0.15, 0.2) is 30.3 Å². The Morgan fingerprint density at radius 1 is 1.00 bits per heavy atom. The molecule has 0 heterocycles. The summed E-state index contributed by atoms with van der Waals surface area (Å²) in [6.07, 6.45) is 0. The minimum atomic E-state index is 1.32. The van der Waals surface area contributed by atoms with Crippen LogP contribution in [0, 0.1) is 0 Å². The van der Waals surface area contributed by atoms with Crippen LogP contribution in [0.1, 0.15) is 0 Å². The Bertz CT molecular complexity index is 169. The summed E-state index contributed by atoms with van der Waals surface area (Å²) < 4.78 is 1.32. The third-order valence-electron chi connectivity index (χ3n) is 0.940. The fourth-order valence-corrected chi connectivity index (χ4v) is 0.534. The second-order valence-corrected chi connectivity index (χ2v) is 3.00. The van der Waals surface area contributed by atoms with Crippen molar-refractivity contribution in [2.75, 3.05) is 21.1 Å². The van der Waals surface area contributed by atoms with E-state index < -0.39 is 0 Å². The standard InChI is InChI=1S/C6H5.C3H9N.Li/c1-2-4-6-5-3-1;1-4(2)3;/h1-5H;1-3H3;. The molecule has 0 bridgehead atoms. The first kappa shape index (κ1) is 10.8. The zero-order chi connectivity index (χ0) is 8.69. The first-order valence-corrected chi connectivity index (χ1v) is 3.75. The van der Waals surface area contributed by atoms with Crippen LogP contribution in [0.3, 0.4) is 0 Å². The van der Waals surface area contributed by atoms with Crippen molar-refractivity contribution in [2.45, 2.75) is 0 Å². The van der Waals surface area contributed by atoms with Crippen LogP contribution >= 0.6 is 0 Å².